The molecule has 0 fully saturated rings. The molecule has 1 aromatic carbocycles. The van der Waals surface area contributed by atoms with Gasteiger partial charge in [-0.3, -0.25) is 0 Å². The lowest BCUT2D eigenvalue weighted by molar-refractivity contribution is -0.134. The fourth-order valence-corrected chi connectivity index (χ4v) is 1.00. The molecule has 0 atom stereocenters. The minimum Gasteiger partial charge on any atom is -0.476 e. The summed E-state index contributed by atoms with van der Waals surface area (Å²) >= 11 is 5.51. The molecule has 5 heteroatoms. The average molecular weight is 219 g/mol. The second kappa shape index (κ2) is 4.19. The van der Waals surface area contributed by atoms with Crippen molar-refractivity contribution in [3.8, 4) is 0 Å². The highest BCUT2D eigenvalue weighted by molar-refractivity contribution is 6.30. The van der Waals surface area contributed by atoms with E-state index in [0.717, 1.165) is 12.1 Å². The first-order valence-corrected chi connectivity index (χ1v) is 3.94. The van der Waals surface area contributed by atoms with Gasteiger partial charge >= 0.3 is 5.97 Å². The minimum atomic E-state index is -1.75. The molecule has 74 valence electrons. The molecule has 1 N–H and O–H groups in total. The number of rotatable bonds is 2. The molecule has 0 aliphatic heterocycles. The summed E-state index contributed by atoms with van der Waals surface area (Å²) < 4.78 is 25.5. The van der Waals surface area contributed by atoms with Crippen LogP contribution in [0, 0.1) is 5.82 Å². The van der Waals surface area contributed by atoms with Crippen LogP contribution in [0.4, 0.5) is 8.78 Å². The lowest BCUT2D eigenvalue weighted by atomic mass is 10.2. The lowest BCUT2D eigenvalue weighted by Gasteiger charge is -1.97. The maximum absolute atomic E-state index is 12.9. The number of aliphatic carboxylic acids is 1. The fourth-order valence-electron chi connectivity index (χ4n) is 0.823. The van der Waals surface area contributed by atoms with E-state index in [1.54, 1.807) is 0 Å². The van der Waals surface area contributed by atoms with E-state index in [2.05, 4.69) is 0 Å². The summed E-state index contributed by atoms with van der Waals surface area (Å²) in [6, 6.07) is 3.45. The molecular weight excluding hydrogens is 214 g/mol. The van der Waals surface area contributed by atoms with Crippen LogP contribution in [-0.4, -0.2) is 11.1 Å². The van der Waals surface area contributed by atoms with Crippen LogP contribution in [0.25, 0.3) is 6.08 Å². The molecule has 1 aromatic rings. The van der Waals surface area contributed by atoms with E-state index in [4.69, 9.17) is 16.7 Å². The van der Waals surface area contributed by atoms with Crippen molar-refractivity contribution in [1.29, 1.82) is 0 Å². The molecule has 0 saturated heterocycles. The topological polar surface area (TPSA) is 37.3 Å². The van der Waals surface area contributed by atoms with Crippen LogP contribution in [0.15, 0.2) is 24.0 Å². The molecule has 14 heavy (non-hydrogen) atoms. The smallest absolute Gasteiger partial charge is 0.364 e. The quantitative estimate of drug-likeness (QED) is 0.775. The van der Waals surface area contributed by atoms with E-state index < -0.39 is 17.6 Å². The molecule has 0 spiro atoms. The Bertz CT molecular complexity index is 402. The summed E-state index contributed by atoms with van der Waals surface area (Å²) in [5.74, 6) is -3.92. The Morgan fingerprint density at radius 3 is 2.71 bits per heavy atom. The van der Waals surface area contributed by atoms with Gasteiger partial charge in [0.2, 0.25) is 5.83 Å². The van der Waals surface area contributed by atoms with E-state index in [1.807, 2.05) is 0 Å². The average Bonchev–Trinajstić information content (AvgIpc) is 2.11. The Morgan fingerprint density at radius 2 is 2.14 bits per heavy atom. The summed E-state index contributed by atoms with van der Waals surface area (Å²) in [5, 5.41) is 8.41. The van der Waals surface area contributed by atoms with Gasteiger partial charge in [-0.1, -0.05) is 11.6 Å². The van der Waals surface area contributed by atoms with Gasteiger partial charge in [-0.25, -0.2) is 9.18 Å². The van der Waals surface area contributed by atoms with Crippen LogP contribution in [0.1, 0.15) is 5.56 Å². The predicted octanol–water partition coefficient (Wildman–Crippen LogP) is 2.87. The van der Waals surface area contributed by atoms with Crippen molar-refractivity contribution < 1.29 is 18.7 Å². The van der Waals surface area contributed by atoms with Crippen LogP contribution in [-0.2, 0) is 4.79 Å². The van der Waals surface area contributed by atoms with Crippen molar-refractivity contribution in [3.05, 3.63) is 40.4 Å². The van der Waals surface area contributed by atoms with Gasteiger partial charge in [-0.15, -0.1) is 0 Å². The molecule has 0 aromatic heterocycles. The lowest BCUT2D eigenvalue weighted by Crippen LogP contribution is -1.94. The van der Waals surface area contributed by atoms with Gasteiger partial charge in [0.25, 0.3) is 0 Å². The fraction of sp³-hybridized carbons (Fsp3) is 0. The Kier molecular flexibility index (Phi) is 3.19. The highest BCUT2D eigenvalue weighted by Crippen LogP contribution is 2.18. The third-order valence-corrected chi connectivity index (χ3v) is 1.68. The van der Waals surface area contributed by atoms with E-state index in [0.29, 0.717) is 6.08 Å². The summed E-state index contributed by atoms with van der Waals surface area (Å²) in [7, 11) is 0. The molecule has 0 radical (unpaired) electrons. The van der Waals surface area contributed by atoms with Crippen LogP contribution in [0.5, 0.6) is 0 Å². The molecular formula is C9H5ClF2O2. The minimum absolute atomic E-state index is 0.197. The molecule has 0 unspecified atom stereocenters. The highest BCUT2D eigenvalue weighted by atomic mass is 35.5. The van der Waals surface area contributed by atoms with Crippen LogP contribution in [0.3, 0.4) is 0 Å². The standard InChI is InChI=1S/C9H5ClF2O2/c10-6-1-2-7(11)5(3-6)4-8(12)9(13)14/h1-4H,(H,13,14)/b8-4-. The number of benzene rings is 1. The van der Waals surface area contributed by atoms with Gasteiger partial charge in [0, 0.05) is 10.6 Å². The van der Waals surface area contributed by atoms with Crippen molar-refractivity contribution in [3.63, 3.8) is 0 Å². The maximum Gasteiger partial charge on any atom is 0.364 e. The Balaban J connectivity index is 3.13. The van der Waals surface area contributed by atoms with E-state index in [-0.39, 0.29) is 10.6 Å². The second-order valence-corrected chi connectivity index (χ2v) is 2.90. The summed E-state index contributed by atoms with van der Waals surface area (Å²) in [5.41, 5.74) is -0.197. The van der Waals surface area contributed by atoms with Crippen molar-refractivity contribution >= 4 is 23.6 Å². The number of hydrogen-bond donors (Lipinski definition) is 1. The Labute approximate surface area is 83.4 Å². The van der Waals surface area contributed by atoms with Gasteiger partial charge < -0.3 is 5.11 Å². The van der Waals surface area contributed by atoms with Crippen molar-refractivity contribution in [2.24, 2.45) is 0 Å². The zero-order valence-corrected chi connectivity index (χ0v) is 7.55. The zero-order valence-electron chi connectivity index (χ0n) is 6.80. The van der Waals surface area contributed by atoms with Crippen LogP contribution >= 0.6 is 11.6 Å². The van der Waals surface area contributed by atoms with Crippen LogP contribution in [0.2, 0.25) is 5.02 Å². The largest absolute Gasteiger partial charge is 0.476 e. The molecule has 2 nitrogen and oxygen atoms in total. The second-order valence-electron chi connectivity index (χ2n) is 2.46. The molecule has 1 rings (SSSR count). The molecule has 0 aliphatic carbocycles. The third-order valence-electron chi connectivity index (χ3n) is 1.44. The number of carboxylic acids is 1. The first-order valence-electron chi connectivity index (χ1n) is 3.56. The summed E-state index contributed by atoms with van der Waals surface area (Å²) in [6.07, 6.45) is 0.573. The highest BCUT2D eigenvalue weighted by Gasteiger charge is 2.07. The summed E-state index contributed by atoms with van der Waals surface area (Å²) in [4.78, 5) is 10.1. The van der Waals surface area contributed by atoms with Gasteiger partial charge in [-0.05, 0) is 24.3 Å². The van der Waals surface area contributed by atoms with Crippen LogP contribution < -0.4 is 0 Å². The molecule has 0 aliphatic rings. The predicted molar refractivity (Wildman–Crippen MR) is 48.1 cm³/mol. The first kappa shape index (κ1) is 10.7. The van der Waals surface area contributed by atoms with Gasteiger partial charge in [0.15, 0.2) is 0 Å². The van der Waals surface area contributed by atoms with Crippen molar-refractivity contribution in [1.82, 2.24) is 0 Å². The SMILES string of the molecule is O=C(O)/C(F)=C/c1cc(Cl)ccc1F. The normalized spacial score (nSPS) is 11.5. The Hall–Kier alpha value is -1.42. The number of carbonyl (C=O) groups is 1. The van der Waals surface area contributed by atoms with Crippen molar-refractivity contribution in [2.45, 2.75) is 0 Å². The Morgan fingerprint density at radius 1 is 1.50 bits per heavy atom. The molecule has 0 heterocycles. The number of carboxylic acid groups (broad SMARTS) is 1. The van der Waals surface area contributed by atoms with E-state index in [1.165, 1.54) is 6.07 Å². The van der Waals surface area contributed by atoms with Gasteiger partial charge in [0.05, 0.1) is 0 Å². The molecule has 0 bridgehead atoms. The summed E-state index contributed by atoms with van der Waals surface area (Å²) in [6.45, 7) is 0. The maximum atomic E-state index is 12.9. The first-order chi connectivity index (χ1) is 6.50. The van der Waals surface area contributed by atoms with E-state index in [9.17, 15) is 13.6 Å². The monoisotopic (exact) mass is 218 g/mol. The zero-order chi connectivity index (χ0) is 10.7. The molecule has 0 saturated carbocycles. The number of hydrogen-bond acceptors (Lipinski definition) is 1. The van der Waals surface area contributed by atoms with E-state index >= 15 is 0 Å². The third kappa shape index (κ3) is 2.53. The van der Waals surface area contributed by atoms with Gasteiger partial charge in [-0.2, -0.15) is 4.39 Å². The van der Waals surface area contributed by atoms with Gasteiger partial charge in [0.1, 0.15) is 5.82 Å². The molecule has 0 amide bonds. The van der Waals surface area contributed by atoms with Crippen molar-refractivity contribution in [2.75, 3.05) is 0 Å². The number of halogens is 3.